The van der Waals surface area contributed by atoms with Gasteiger partial charge in [-0.25, -0.2) is 0 Å². The largest absolute Gasteiger partial charge is 0.494 e. The number of aryl methyl sites for hydroxylation is 1. The Morgan fingerprint density at radius 3 is 2.03 bits per heavy atom. The van der Waals surface area contributed by atoms with Crippen molar-refractivity contribution in [2.45, 2.75) is 117 Å². The van der Waals surface area contributed by atoms with E-state index in [0.29, 0.717) is 0 Å². The molecule has 1 heterocycles. The molecule has 0 spiro atoms. The van der Waals surface area contributed by atoms with Crippen molar-refractivity contribution in [3.63, 3.8) is 0 Å². The molecule has 1 fully saturated rings. The maximum Gasteiger partial charge on any atom is 0.119 e. The lowest BCUT2D eigenvalue weighted by Crippen LogP contribution is -2.15. The van der Waals surface area contributed by atoms with Crippen molar-refractivity contribution in [3.05, 3.63) is 48.2 Å². The molecule has 0 N–H and O–H groups in total. The van der Waals surface area contributed by atoms with Crippen LogP contribution in [0.15, 0.2) is 42.6 Å². The molecule has 34 heavy (non-hydrogen) atoms. The van der Waals surface area contributed by atoms with Gasteiger partial charge < -0.3 is 4.74 Å². The molecule has 0 aliphatic heterocycles. The minimum absolute atomic E-state index is 0.806. The number of rotatable bonds is 16. The molecule has 0 atom stereocenters. The molecule has 1 saturated carbocycles. The fraction of sp³-hybridized carbons (Fsp3) is 0.656. The summed E-state index contributed by atoms with van der Waals surface area (Å²) < 4.78 is 5.83. The first-order chi connectivity index (χ1) is 16.8. The summed E-state index contributed by atoms with van der Waals surface area (Å²) >= 11 is 0. The number of hydrogen-bond acceptors (Lipinski definition) is 2. The molecule has 2 nitrogen and oxygen atoms in total. The van der Waals surface area contributed by atoms with E-state index in [4.69, 9.17) is 9.72 Å². The molecule has 1 aromatic carbocycles. The predicted octanol–water partition coefficient (Wildman–Crippen LogP) is 9.81. The first-order valence-electron chi connectivity index (χ1n) is 14.5. The lowest BCUT2D eigenvalue weighted by molar-refractivity contribution is 0.248. The Morgan fingerprint density at radius 1 is 0.706 bits per heavy atom. The van der Waals surface area contributed by atoms with Crippen LogP contribution in [-0.4, -0.2) is 11.6 Å². The van der Waals surface area contributed by atoms with Crippen molar-refractivity contribution < 1.29 is 4.74 Å². The van der Waals surface area contributed by atoms with Crippen LogP contribution in [0.1, 0.15) is 116 Å². The highest BCUT2D eigenvalue weighted by molar-refractivity contribution is 5.60. The third-order valence-corrected chi connectivity index (χ3v) is 7.76. The molecular formula is C32H49NO. The van der Waals surface area contributed by atoms with Crippen LogP contribution in [0.2, 0.25) is 0 Å². The Bertz CT molecular complexity index is 759. The van der Waals surface area contributed by atoms with E-state index >= 15 is 0 Å². The van der Waals surface area contributed by atoms with Gasteiger partial charge in [-0.15, -0.1) is 0 Å². The third kappa shape index (κ3) is 9.80. The lowest BCUT2D eigenvalue weighted by atomic mass is 9.78. The van der Waals surface area contributed by atoms with E-state index in [1.54, 1.807) is 0 Å². The second-order valence-electron chi connectivity index (χ2n) is 10.6. The molecule has 2 aromatic rings. The fourth-order valence-corrected chi connectivity index (χ4v) is 5.40. The van der Waals surface area contributed by atoms with Crippen LogP contribution >= 0.6 is 0 Å². The molecule has 2 heteroatoms. The lowest BCUT2D eigenvalue weighted by Gasteiger charge is -2.28. The Labute approximate surface area is 209 Å². The Kier molecular flexibility index (Phi) is 12.6. The highest BCUT2D eigenvalue weighted by Gasteiger charge is 2.20. The van der Waals surface area contributed by atoms with Crippen LogP contribution in [-0.2, 0) is 6.42 Å². The molecule has 1 aliphatic carbocycles. The molecule has 188 valence electrons. The van der Waals surface area contributed by atoms with Gasteiger partial charge in [0.15, 0.2) is 0 Å². The summed E-state index contributed by atoms with van der Waals surface area (Å²) in [5, 5.41) is 0. The molecule has 1 aromatic heterocycles. The van der Waals surface area contributed by atoms with Crippen LogP contribution in [0, 0.1) is 11.8 Å². The van der Waals surface area contributed by atoms with Crippen molar-refractivity contribution in [2.75, 3.05) is 6.61 Å². The van der Waals surface area contributed by atoms with Gasteiger partial charge in [0.05, 0.1) is 12.3 Å². The Morgan fingerprint density at radius 2 is 1.35 bits per heavy atom. The SMILES string of the molecule is CCCCCCCCC1CCC(CCc2ccc(-c3ccc(OCCCCC)cc3)nc2)CC1. The second kappa shape index (κ2) is 16.0. The smallest absolute Gasteiger partial charge is 0.119 e. The van der Waals surface area contributed by atoms with Crippen molar-refractivity contribution >= 4 is 0 Å². The quantitative estimate of drug-likeness (QED) is 0.231. The number of benzene rings is 1. The third-order valence-electron chi connectivity index (χ3n) is 7.76. The molecule has 0 amide bonds. The Balaban J connectivity index is 1.32. The van der Waals surface area contributed by atoms with Crippen LogP contribution in [0.3, 0.4) is 0 Å². The average molecular weight is 464 g/mol. The number of hydrogen-bond donors (Lipinski definition) is 0. The zero-order valence-corrected chi connectivity index (χ0v) is 22.1. The summed E-state index contributed by atoms with van der Waals surface area (Å²) in [6.07, 6.45) is 24.1. The summed E-state index contributed by atoms with van der Waals surface area (Å²) in [5.41, 5.74) is 3.60. The van der Waals surface area contributed by atoms with Gasteiger partial charge in [0, 0.05) is 11.8 Å². The minimum atomic E-state index is 0.806. The number of aromatic nitrogens is 1. The molecule has 1 aliphatic rings. The van der Waals surface area contributed by atoms with Crippen molar-refractivity contribution in [1.29, 1.82) is 0 Å². The van der Waals surface area contributed by atoms with E-state index in [-0.39, 0.29) is 0 Å². The average Bonchev–Trinajstić information content (AvgIpc) is 2.89. The van der Waals surface area contributed by atoms with Gasteiger partial charge in [-0.2, -0.15) is 0 Å². The molecule has 0 saturated heterocycles. The van der Waals surface area contributed by atoms with E-state index in [0.717, 1.165) is 41.9 Å². The van der Waals surface area contributed by atoms with Gasteiger partial charge in [-0.3, -0.25) is 4.98 Å². The van der Waals surface area contributed by atoms with Gasteiger partial charge in [-0.05, 0) is 67.0 Å². The highest BCUT2D eigenvalue weighted by Crippen LogP contribution is 2.34. The van der Waals surface area contributed by atoms with Crippen molar-refractivity contribution in [1.82, 2.24) is 4.98 Å². The van der Waals surface area contributed by atoms with Crippen LogP contribution < -0.4 is 4.74 Å². The van der Waals surface area contributed by atoms with Crippen molar-refractivity contribution in [3.8, 4) is 17.0 Å². The second-order valence-corrected chi connectivity index (χ2v) is 10.6. The topological polar surface area (TPSA) is 22.1 Å². The van der Waals surface area contributed by atoms with E-state index in [2.05, 4.69) is 56.4 Å². The maximum atomic E-state index is 5.83. The fourth-order valence-electron chi connectivity index (χ4n) is 5.40. The number of ether oxygens (including phenoxy) is 1. The van der Waals surface area contributed by atoms with Gasteiger partial charge in [0.2, 0.25) is 0 Å². The summed E-state index contributed by atoms with van der Waals surface area (Å²) in [6, 6.07) is 12.9. The molecule has 0 bridgehead atoms. The van der Waals surface area contributed by atoms with Crippen molar-refractivity contribution in [2.24, 2.45) is 11.8 Å². The van der Waals surface area contributed by atoms with Gasteiger partial charge in [0.1, 0.15) is 5.75 Å². The zero-order valence-electron chi connectivity index (χ0n) is 22.1. The van der Waals surface area contributed by atoms with Gasteiger partial charge in [0.25, 0.3) is 0 Å². The molecule has 3 rings (SSSR count). The first kappa shape index (κ1) is 26.8. The number of nitrogens with zero attached hydrogens (tertiary/aromatic N) is 1. The molecule has 0 unspecified atom stereocenters. The Hall–Kier alpha value is -1.83. The first-order valence-corrected chi connectivity index (χ1v) is 14.5. The van der Waals surface area contributed by atoms with E-state index in [1.165, 1.54) is 102 Å². The van der Waals surface area contributed by atoms with Crippen LogP contribution in [0.25, 0.3) is 11.3 Å². The zero-order chi connectivity index (χ0) is 23.8. The van der Waals surface area contributed by atoms with Crippen LogP contribution in [0.4, 0.5) is 0 Å². The summed E-state index contributed by atoms with van der Waals surface area (Å²) in [4.78, 5) is 4.76. The predicted molar refractivity (Wildman–Crippen MR) is 146 cm³/mol. The maximum absolute atomic E-state index is 5.83. The van der Waals surface area contributed by atoms with E-state index < -0.39 is 0 Å². The number of unbranched alkanes of at least 4 members (excludes halogenated alkanes) is 7. The molecule has 0 radical (unpaired) electrons. The van der Waals surface area contributed by atoms with Crippen LogP contribution in [0.5, 0.6) is 5.75 Å². The summed E-state index contributed by atoms with van der Waals surface area (Å²) in [6.45, 7) is 5.33. The number of pyridine rings is 1. The monoisotopic (exact) mass is 463 g/mol. The highest BCUT2D eigenvalue weighted by atomic mass is 16.5. The minimum Gasteiger partial charge on any atom is -0.494 e. The summed E-state index contributed by atoms with van der Waals surface area (Å²) in [5.74, 6) is 2.89. The van der Waals surface area contributed by atoms with Gasteiger partial charge >= 0.3 is 0 Å². The van der Waals surface area contributed by atoms with E-state index in [9.17, 15) is 0 Å². The standard InChI is InChI=1S/C32H49NO/c1-3-5-7-8-9-10-12-27-13-15-28(16-14-27)17-18-29-19-24-32(33-26-29)30-20-22-31(23-21-30)34-25-11-6-4-2/h19-24,26-28H,3-18,25H2,1-2H3. The van der Waals surface area contributed by atoms with E-state index in [1.807, 2.05) is 0 Å². The summed E-state index contributed by atoms with van der Waals surface area (Å²) in [7, 11) is 0. The van der Waals surface area contributed by atoms with Gasteiger partial charge in [-0.1, -0.05) is 103 Å². The molecular weight excluding hydrogens is 414 g/mol. The normalized spacial score (nSPS) is 18.2.